The molecular formula is C26H22FNO4. The zero-order chi connectivity index (χ0) is 22.2. The van der Waals surface area contributed by atoms with Crippen LogP contribution in [-0.2, 0) is 4.74 Å². The number of carbonyl (C=O) groups excluding carboxylic acids is 1. The second-order valence-corrected chi connectivity index (χ2v) is 7.86. The first kappa shape index (κ1) is 20.1. The summed E-state index contributed by atoms with van der Waals surface area (Å²) >= 11 is 0. The molecule has 32 heavy (non-hydrogen) atoms. The molecule has 5 rings (SSSR count). The zero-order valence-electron chi connectivity index (χ0n) is 17.6. The number of nitrogen functional groups attached to an aromatic ring is 1. The smallest absolute Gasteiger partial charge is 0.342 e. The normalized spacial score (nSPS) is 13.3. The fourth-order valence-electron chi connectivity index (χ4n) is 3.85. The van der Waals surface area contributed by atoms with Gasteiger partial charge in [-0.3, -0.25) is 0 Å². The van der Waals surface area contributed by atoms with Crippen LogP contribution in [0.5, 0.6) is 11.5 Å². The van der Waals surface area contributed by atoms with Crippen LogP contribution >= 0.6 is 0 Å². The number of hydrogen-bond donors (Lipinski definition) is 1. The highest BCUT2D eigenvalue weighted by Crippen LogP contribution is 2.46. The lowest BCUT2D eigenvalue weighted by molar-refractivity contribution is 0.0528. The summed E-state index contributed by atoms with van der Waals surface area (Å²) < 4.78 is 30.3. The molecule has 1 aliphatic carbocycles. The monoisotopic (exact) mass is 431 g/mol. The molecule has 0 radical (unpaired) electrons. The molecule has 0 spiro atoms. The van der Waals surface area contributed by atoms with Gasteiger partial charge in [0, 0.05) is 22.7 Å². The molecule has 1 saturated carbocycles. The summed E-state index contributed by atoms with van der Waals surface area (Å²) in [6.07, 6.45) is 2.20. The molecule has 0 unspecified atom stereocenters. The summed E-state index contributed by atoms with van der Waals surface area (Å²) in [4.78, 5) is 12.9. The summed E-state index contributed by atoms with van der Waals surface area (Å²) in [5.74, 6) is 1.22. The Labute approximate surface area is 184 Å². The largest absolute Gasteiger partial charge is 0.462 e. The Hall–Kier alpha value is -3.80. The first-order chi connectivity index (χ1) is 15.5. The molecule has 1 aliphatic rings. The molecule has 1 aromatic heterocycles. The maximum Gasteiger partial charge on any atom is 0.342 e. The molecule has 0 atom stereocenters. The molecule has 0 aliphatic heterocycles. The minimum absolute atomic E-state index is 0.264. The van der Waals surface area contributed by atoms with Crippen LogP contribution in [0.1, 0.15) is 41.6 Å². The first-order valence-electron chi connectivity index (χ1n) is 10.6. The Bertz CT molecular complexity index is 1290. The van der Waals surface area contributed by atoms with Crippen LogP contribution in [0.25, 0.3) is 22.3 Å². The molecule has 2 N–H and O–H groups in total. The number of ether oxygens (including phenoxy) is 2. The van der Waals surface area contributed by atoms with Gasteiger partial charge in [-0.25, -0.2) is 9.18 Å². The van der Waals surface area contributed by atoms with Crippen LogP contribution < -0.4 is 10.5 Å². The van der Waals surface area contributed by atoms with E-state index in [-0.39, 0.29) is 12.4 Å². The number of esters is 1. The summed E-state index contributed by atoms with van der Waals surface area (Å²) in [6, 6.07) is 16.7. The van der Waals surface area contributed by atoms with Gasteiger partial charge in [0.2, 0.25) is 0 Å². The molecule has 0 amide bonds. The quantitative estimate of drug-likeness (QED) is 0.273. The Kier molecular flexibility index (Phi) is 5.05. The number of rotatable bonds is 6. The molecule has 162 valence electrons. The summed E-state index contributed by atoms with van der Waals surface area (Å²) in [5.41, 5.74) is 9.64. The average molecular weight is 431 g/mol. The topological polar surface area (TPSA) is 74.7 Å². The van der Waals surface area contributed by atoms with Crippen molar-refractivity contribution < 1.29 is 23.1 Å². The van der Waals surface area contributed by atoms with Crippen molar-refractivity contribution in [3.05, 3.63) is 77.6 Å². The fraction of sp³-hybridized carbons (Fsp3) is 0.192. The Morgan fingerprint density at radius 2 is 1.72 bits per heavy atom. The number of anilines is 1. The van der Waals surface area contributed by atoms with Crippen molar-refractivity contribution >= 4 is 22.6 Å². The maximum atomic E-state index is 13.1. The molecule has 1 heterocycles. The van der Waals surface area contributed by atoms with Gasteiger partial charge in [-0.15, -0.1) is 0 Å². The van der Waals surface area contributed by atoms with Gasteiger partial charge in [0.15, 0.2) is 0 Å². The number of carbonyl (C=O) groups is 1. The molecule has 5 nitrogen and oxygen atoms in total. The molecular weight excluding hydrogens is 409 g/mol. The van der Waals surface area contributed by atoms with Gasteiger partial charge in [0.1, 0.15) is 34.2 Å². The van der Waals surface area contributed by atoms with E-state index >= 15 is 0 Å². The van der Waals surface area contributed by atoms with E-state index in [1.807, 2.05) is 18.2 Å². The first-order valence-corrected chi connectivity index (χ1v) is 10.6. The second kappa shape index (κ2) is 8.04. The van der Waals surface area contributed by atoms with Crippen molar-refractivity contribution in [1.82, 2.24) is 0 Å². The predicted molar refractivity (Wildman–Crippen MR) is 120 cm³/mol. The summed E-state index contributed by atoms with van der Waals surface area (Å²) in [6.45, 7) is 2.04. The van der Waals surface area contributed by atoms with Crippen molar-refractivity contribution in [2.24, 2.45) is 0 Å². The maximum absolute atomic E-state index is 13.1. The SMILES string of the molecule is CCOC(=O)c1c(-c2ccc(Oc3ccc(F)cc3)cc2)oc2cc(N)c(C3CC3)cc12. The van der Waals surface area contributed by atoms with Crippen molar-refractivity contribution in [1.29, 1.82) is 0 Å². The molecule has 6 heteroatoms. The van der Waals surface area contributed by atoms with Gasteiger partial charge < -0.3 is 19.6 Å². The molecule has 3 aromatic carbocycles. The Morgan fingerprint density at radius 1 is 1.06 bits per heavy atom. The van der Waals surface area contributed by atoms with Crippen LogP contribution in [0.4, 0.5) is 10.1 Å². The summed E-state index contributed by atoms with van der Waals surface area (Å²) in [5, 5.41) is 0.709. The molecule has 0 saturated heterocycles. The van der Waals surface area contributed by atoms with Gasteiger partial charge in [-0.2, -0.15) is 0 Å². The van der Waals surface area contributed by atoms with Gasteiger partial charge >= 0.3 is 5.97 Å². The van der Waals surface area contributed by atoms with Crippen LogP contribution in [0.3, 0.4) is 0 Å². The second-order valence-electron chi connectivity index (χ2n) is 7.86. The van der Waals surface area contributed by atoms with Crippen molar-refractivity contribution in [2.75, 3.05) is 12.3 Å². The summed E-state index contributed by atoms with van der Waals surface area (Å²) in [7, 11) is 0. The van der Waals surface area contributed by atoms with Gasteiger partial charge in [0.05, 0.1) is 6.61 Å². The third kappa shape index (κ3) is 3.80. The lowest BCUT2D eigenvalue weighted by atomic mass is 10.0. The third-order valence-electron chi connectivity index (χ3n) is 5.56. The molecule has 1 fully saturated rings. The van der Waals surface area contributed by atoms with E-state index in [1.165, 1.54) is 12.1 Å². The number of nitrogens with two attached hydrogens (primary N) is 1. The standard InChI is InChI=1S/C26H22FNO4/c1-2-30-26(29)24-21-13-20(15-3-4-15)22(28)14-23(21)32-25(24)16-5-9-18(10-6-16)31-19-11-7-17(27)8-12-19/h5-15H,2-4,28H2,1H3. The van der Waals surface area contributed by atoms with Crippen molar-refractivity contribution in [3.63, 3.8) is 0 Å². The highest BCUT2D eigenvalue weighted by molar-refractivity contribution is 6.09. The third-order valence-corrected chi connectivity index (χ3v) is 5.56. The van der Waals surface area contributed by atoms with Crippen LogP contribution in [0.2, 0.25) is 0 Å². The number of halogens is 1. The van der Waals surface area contributed by atoms with E-state index in [0.29, 0.717) is 51.0 Å². The average Bonchev–Trinajstić information content (AvgIpc) is 3.56. The van der Waals surface area contributed by atoms with E-state index < -0.39 is 5.97 Å². The number of benzene rings is 3. The lowest BCUT2D eigenvalue weighted by Gasteiger charge is -2.07. The number of furan rings is 1. The Balaban J connectivity index is 1.54. The molecule has 0 bridgehead atoms. The van der Waals surface area contributed by atoms with Crippen molar-refractivity contribution in [2.45, 2.75) is 25.7 Å². The zero-order valence-corrected chi connectivity index (χ0v) is 17.6. The van der Waals surface area contributed by atoms with E-state index in [2.05, 4.69) is 0 Å². The minimum atomic E-state index is -0.431. The lowest BCUT2D eigenvalue weighted by Crippen LogP contribution is -2.05. The van der Waals surface area contributed by atoms with Crippen LogP contribution in [-0.4, -0.2) is 12.6 Å². The molecule has 4 aromatic rings. The van der Waals surface area contributed by atoms with E-state index in [0.717, 1.165) is 18.4 Å². The predicted octanol–water partition coefficient (Wildman–Crippen LogP) is 6.67. The van der Waals surface area contributed by atoms with Gasteiger partial charge in [-0.05, 0) is 85.8 Å². The number of fused-ring (bicyclic) bond motifs is 1. The van der Waals surface area contributed by atoms with Gasteiger partial charge in [-0.1, -0.05) is 0 Å². The van der Waals surface area contributed by atoms with E-state index in [1.54, 1.807) is 37.3 Å². The van der Waals surface area contributed by atoms with E-state index in [4.69, 9.17) is 19.6 Å². The number of hydrogen-bond acceptors (Lipinski definition) is 5. The van der Waals surface area contributed by atoms with Gasteiger partial charge in [0.25, 0.3) is 0 Å². The van der Waals surface area contributed by atoms with E-state index in [9.17, 15) is 9.18 Å². The fourth-order valence-corrected chi connectivity index (χ4v) is 3.85. The highest BCUT2D eigenvalue weighted by Gasteiger charge is 2.29. The minimum Gasteiger partial charge on any atom is -0.462 e. The Morgan fingerprint density at radius 3 is 2.34 bits per heavy atom. The van der Waals surface area contributed by atoms with Crippen LogP contribution in [0.15, 0.2) is 65.1 Å². The highest BCUT2D eigenvalue weighted by atomic mass is 19.1. The van der Waals surface area contributed by atoms with Crippen LogP contribution in [0, 0.1) is 5.82 Å². The van der Waals surface area contributed by atoms with Crippen molar-refractivity contribution in [3.8, 4) is 22.8 Å².